The van der Waals surface area contributed by atoms with Gasteiger partial charge in [0, 0.05) is 24.8 Å². The van der Waals surface area contributed by atoms with Gasteiger partial charge >= 0.3 is 11.9 Å². The van der Waals surface area contributed by atoms with Gasteiger partial charge in [-0.05, 0) is 61.6 Å². The number of fused-ring (bicyclic) bond motifs is 1. The summed E-state index contributed by atoms with van der Waals surface area (Å²) in [6.45, 7) is 10.0. The highest BCUT2D eigenvalue weighted by Gasteiger charge is 2.47. The summed E-state index contributed by atoms with van der Waals surface area (Å²) in [5, 5.41) is 3.49. The van der Waals surface area contributed by atoms with Crippen molar-refractivity contribution in [1.29, 1.82) is 0 Å². The summed E-state index contributed by atoms with van der Waals surface area (Å²) in [6, 6.07) is 11.3. The zero-order valence-corrected chi connectivity index (χ0v) is 23.3. The molecule has 0 spiro atoms. The number of hydrogen-bond donors (Lipinski definition) is 1. The third-order valence-electron chi connectivity index (χ3n) is 7.03. The smallest absolute Gasteiger partial charge is 0.303 e. The predicted molar refractivity (Wildman–Crippen MR) is 142 cm³/mol. The molecule has 2 aromatic carbocycles. The van der Waals surface area contributed by atoms with Crippen molar-refractivity contribution >= 4 is 35.1 Å². The molecule has 2 heterocycles. The summed E-state index contributed by atoms with van der Waals surface area (Å²) < 4.78 is 23.5. The van der Waals surface area contributed by atoms with Crippen molar-refractivity contribution in [2.75, 3.05) is 5.32 Å². The topological polar surface area (TPSA) is 100 Å². The van der Waals surface area contributed by atoms with Crippen LogP contribution in [0.4, 0.5) is 5.69 Å². The van der Waals surface area contributed by atoms with E-state index in [4.69, 9.17) is 30.5 Å². The van der Waals surface area contributed by atoms with Crippen LogP contribution >= 0.6 is 11.6 Å². The number of benzene rings is 2. The van der Waals surface area contributed by atoms with E-state index in [0.29, 0.717) is 29.3 Å². The Hall–Kier alpha value is -3.10. The van der Waals surface area contributed by atoms with Crippen molar-refractivity contribution in [3.8, 4) is 5.75 Å². The summed E-state index contributed by atoms with van der Waals surface area (Å²) in [6.07, 6.45) is -1.02. The van der Waals surface area contributed by atoms with Crippen LogP contribution in [0.15, 0.2) is 36.4 Å². The van der Waals surface area contributed by atoms with Gasteiger partial charge in [0.2, 0.25) is 0 Å². The average Bonchev–Trinajstić information content (AvgIpc) is 2.83. The van der Waals surface area contributed by atoms with Crippen LogP contribution in [-0.2, 0) is 35.0 Å². The van der Waals surface area contributed by atoms with Gasteiger partial charge in [-0.1, -0.05) is 43.6 Å². The highest BCUT2D eigenvalue weighted by Crippen LogP contribution is 2.41. The Morgan fingerprint density at radius 2 is 1.74 bits per heavy atom. The van der Waals surface area contributed by atoms with E-state index >= 15 is 0 Å². The maximum Gasteiger partial charge on any atom is 0.303 e. The number of nitrogens with one attached hydrogen (secondary N) is 1. The van der Waals surface area contributed by atoms with Gasteiger partial charge in [-0.2, -0.15) is 0 Å². The third-order valence-corrected chi connectivity index (χ3v) is 7.39. The first-order valence-electron chi connectivity index (χ1n) is 12.8. The molecular formula is C29H34ClNO7. The Balaban J connectivity index is 1.63. The van der Waals surface area contributed by atoms with E-state index in [1.54, 1.807) is 19.9 Å². The fraction of sp³-hybridized carbons (Fsp3) is 0.483. The van der Waals surface area contributed by atoms with Crippen molar-refractivity contribution in [1.82, 2.24) is 0 Å². The molecule has 1 amide bonds. The van der Waals surface area contributed by atoms with Crippen molar-refractivity contribution < 1.29 is 33.3 Å². The molecule has 0 saturated carbocycles. The molecule has 38 heavy (non-hydrogen) atoms. The van der Waals surface area contributed by atoms with Crippen LogP contribution in [0, 0.1) is 5.92 Å². The van der Waals surface area contributed by atoms with E-state index in [1.807, 2.05) is 44.2 Å². The van der Waals surface area contributed by atoms with E-state index in [0.717, 1.165) is 16.7 Å². The first-order chi connectivity index (χ1) is 17.9. The zero-order valence-electron chi connectivity index (χ0n) is 22.5. The largest absolute Gasteiger partial charge is 0.476 e. The molecule has 5 atom stereocenters. The molecule has 0 aromatic heterocycles. The molecule has 1 saturated heterocycles. The lowest BCUT2D eigenvalue weighted by atomic mass is 9.83. The first kappa shape index (κ1) is 27.9. The molecule has 0 bridgehead atoms. The van der Waals surface area contributed by atoms with Crippen LogP contribution in [0.1, 0.15) is 70.8 Å². The fourth-order valence-corrected chi connectivity index (χ4v) is 5.26. The molecular weight excluding hydrogens is 510 g/mol. The lowest BCUT2D eigenvalue weighted by Crippen LogP contribution is -2.52. The van der Waals surface area contributed by atoms with Gasteiger partial charge in [-0.3, -0.25) is 14.4 Å². The minimum atomic E-state index is -0.938. The summed E-state index contributed by atoms with van der Waals surface area (Å²) in [4.78, 5) is 36.1. The monoisotopic (exact) mass is 543 g/mol. The van der Waals surface area contributed by atoms with Gasteiger partial charge in [-0.25, -0.2) is 0 Å². The quantitative estimate of drug-likeness (QED) is 0.487. The highest BCUT2D eigenvalue weighted by atomic mass is 35.5. The summed E-state index contributed by atoms with van der Waals surface area (Å²) in [5.41, 5.74) is 2.26. The van der Waals surface area contributed by atoms with Crippen molar-refractivity contribution in [3.05, 3.63) is 58.1 Å². The predicted octanol–water partition coefficient (Wildman–Crippen LogP) is 5.39. The molecule has 4 rings (SSSR count). The standard InChI is InChI=1S/C29H34ClNO7/c1-7-23-25(35-16(3)32)15(2)26(36-17(4)33)27(37-23)19-9-10-21(30)20(14-19)12-18-8-11-24-22(13-18)31-28(34)29(5,6)38-24/h8-11,13-15,23,25-27H,7,12H2,1-6H3,(H,31,34)/t15?,23?,25?,26?,27-/m0/s1. The van der Waals surface area contributed by atoms with Crippen LogP contribution in [0.2, 0.25) is 5.02 Å². The number of anilines is 1. The third kappa shape index (κ3) is 5.81. The average molecular weight is 544 g/mol. The maximum atomic E-state index is 12.4. The van der Waals surface area contributed by atoms with Crippen LogP contribution in [-0.4, -0.2) is 41.8 Å². The van der Waals surface area contributed by atoms with E-state index < -0.39 is 35.9 Å². The minimum absolute atomic E-state index is 0.209. The van der Waals surface area contributed by atoms with E-state index in [-0.39, 0.29) is 17.9 Å². The Morgan fingerprint density at radius 3 is 2.39 bits per heavy atom. The lowest BCUT2D eigenvalue weighted by Gasteiger charge is -2.44. The Bertz CT molecular complexity index is 1240. The van der Waals surface area contributed by atoms with E-state index in [1.165, 1.54) is 13.8 Å². The normalized spacial score (nSPS) is 26.0. The number of hydrogen-bond acceptors (Lipinski definition) is 7. The van der Waals surface area contributed by atoms with E-state index in [9.17, 15) is 14.4 Å². The number of rotatable bonds is 6. The molecule has 8 nitrogen and oxygen atoms in total. The lowest BCUT2D eigenvalue weighted by molar-refractivity contribution is -0.223. The van der Waals surface area contributed by atoms with Gasteiger partial charge < -0.3 is 24.3 Å². The molecule has 0 radical (unpaired) electrons. The molecule has 4 unspecified atom stereocenters. The molecule has 204 valence electrons. The summed E-state index contributed by atoms with van der Waals surface area (Å²) in [7, 11) is 0. The van der Waals surface area contributed by atoms with Gasteiger partial charge in [0.1, 0.15) is 24.1 Å². The summed E-state index contributed by atoms with van der Waals surface area (Å²) >= 11 is 6.60. The van der Waals surface area contributed by atoms with Crippen molar-refractivity contribution in [2.45, 2.75) is 84.4 Å². The Kier molecular flexibility index (Phi) is 8.04. The first-order valence-corrected chi connectivity index (χ1v) is 13.2. The molecule has 1 fully saturated rings. The maximum absolute atomic E-state index is 12.4. The van der Waals surface area contributed by atoms with Gasteiger partial charge in [0.15, 0.2) is 5.60 Å². The second-order valence-corrected chi connectivity index (χ2v) is 10.8. The minimum Gasteiger partial charge on any atom is -0.476 e. The van der Waals surface area contributed by atoms with Crippen molar-refractivity contribution in [3.63, 3.8) is 0 Å². The summed E-state index contributed by atoms with van der Waals surface area (Å²) in [5.74, 6) is -0.741. The van der Waals surface area contributed by atoms with Gasteiger partial charge in [0.05, 0.1) is 11.8 Å². The van der Waals surface area contributed by atoms with Gasteiger partial charge in [0.25, 0.3) is 5.91 Å². The molecule has 9 heteroatoms. The fourth-order valence-electron chi connectivity index (χ4n) is 5.07. The molecule has 2 aliphatic rings. The number of amides is 1. The van der Waals surface area contributed by atoms with Gasteiger partial charge in [-0.15, -0.1) is 0 Å². The number of carbonyl (C=O) groups is 3. The van der Waals surface area contributed by atoms with Crippen LogP contribution in [0.3, 0.4) is 0 Å². The number of carbonyl (C=O) groups excluding carboxylic acids is 3. The van der Waals surface area contributed by atoms with Crippen molar-refractivity contribution in [2.24, 2.45) is 5.92 Å². The molecule has 1 N–H and O–H groups in total. The molecule has 2 aromatic rings. The number of halogens is 1. The highest BCUT2D eigenvalue weighted by molar-refractivity contribution is 6.31. The van der Waals surface area contributed by atoms with Crippen LogP contribution in [0.25, 0.3) is 0 Å². The number of esters is 2. The SMILES string of the molecule is CCC1O[C@@H](c2ccc(Cl)c(Cc3ccc4c(c3)NC(=O)C(C)(C)O4)c2)C(OC(C)=O)C(C)C1OC(C)=O. The zero-order chi connectivity index (χ0) is 27.8. The Labute approximate surface area is 227 Å². The molecule has 2 aliphatic heterocycles. The molecule has 0 aliphatic carbocycles. The number of ether oxygens (including phenoxy) is 4. The Morgan fingerprint density at radius 1 is 1.05 bits per heavy atom. The second-order valence-electron chi connectivity index (χ2n) is 10.4. The van der Waals surface area contributed by atoms with Crippen LogP contribution in [0.5, 0.6) is 5.75 Å². The second kappa shape index (κ2) is 10.9. The van der Waals surface area contributed by atoms with Crippen LogP contribution < -0.4 is 10.1 Å². The van der Waals surface area contributed by atoms with E-state index in [2.05, 4.69) is 5.32 Å².